The van der Waals surface area contributed by atoms with E-state index in [2.05, 4.69) is 4.72 Å². The first kappa shape index (κ1) is 16.6. The van der Waals surface area contributed by atoms with Crippen LogP contribution in [-0.4, -0.2) is 37.0 Å². The Morgan fingerprint density at radius 1 is 1.48 bits per heavy atom. The minimum absolute atomic E-state index is 0.0148. The van der Waals surface area contributed by atoms with Crippen LogP contribution >= 0.6 is 23.4 Å². The Labute approximate surface area is 133 Å². The van der Waals surface area contributed by atoms with Gasteiger partial charge in [-0.3, -0.25) is 0 Å². The topological polar surface area (TPSA) is 83.5 Å². The summed E-state index contributed by atoms with van der Waals surface area (Å²) in [5, 5.41) is 9.01. The number of halogens is 1. The number of benzene rings is 1. The number of carbonyl (C=O) groups is 1. The third kappa shape index (κ3) is 3.53. The molecular weight excluding hydrogens is 334 g/mol. The molecule has 8 heteroatoms. The van der Waals surface area contributed by atoms with Gasteiger partial charge in [0, 0.05) is 11.3 Å². The molecule has 1 fully saturated rings. The van der Waals surface area contributed by atoms with Crippen LogP contribution in [0.3, 0.4) is 0 Å². The fourth-order valence-electron chi connectivity index (χ4n) is 2.17. The average molecular weight is 350 g/mol. The van der Waals surface area contributed by atoms with E-state index in [4.69, 9.17) is 16.7 Å². The lowest BCUT2D eigenvalue weighted by Gasteiger charge is -2.40. The molecule has 0 bridgehead atoms. The van der Waals surface area contributed by atoms with Crippen molar-refractivity contribution in [2.75, 3.05) is 12.8 Å². The van der Waals surface area contributed by atoms with Gasteiger partial charge in [-0.15, -0.1) is 0 Å². The number of carboxylic acids is 1. The smallest absolute Gasteiger partial charge is 0.337 e. The highest BCUT2D eigenvalue weighted by Crippen LogP contribution is 2.42. The fraction of sp³-hybridized carbons (Fsp3) is 0.462. The van der Waals surface area contributed by atoms with Crippen molar-refractivity contribution in [2.45, 2.75) is 28.9 Å². The first-order valence-corrected chi connectivity index (χ1v) is 9.46. The van der Waals surface area contributed by atoms with E-state index < -0.39 is 16.0 Å². The Morgan fingerprint density at radius 2 is 2.14 bits per heavy atom. The Hall–Kier alpha value is -0.760. The third-order valence-electron chi connectivity index (χ3n) is 3.76. The Kier molecular flexibility index (Phi) is 4.87. The maximum atomic E-state index is 12.3. The van der Waals surface area contributed by atoms with Crippen LogP contribution in [0.1, 0.15) is 29.6 Å². The van der Waals surface area contributed by atoms with E-state index in [-0.39, 0.29) is 20.2 Å². The summed E-state index contributed by atoms with van der Waals surface area (Å²) in [6.45, 7) is 0.349. The van der Waals surface area contributed by atoms with Gasteiger partial charge in [-0.05, 0) is 37.3 Å². The highest BCUT2D eigenvalue weighted by Gasteiger charge is 2.37. The second-order valence-corrected chi connectivity index (χ2v) is 8.46. The molecule has 2 rings (SSSR count). The monoisotopic (exact) mass is 349 g/mol. The van der Waals surface area contributed by atoms with Crippen molar-refractivity contribution in [3.8, 4) is 0 Å². The van der Waals surface area contributed by atoms with Crippen molar-refractivity contribution in [2.24, 2.45) is 0 Å². The van der Waals surface area contributed by atoms with E-state index in [9.17, 15) is 13.2 Å². The largest absolute Gasteiger partial charge is 0.478 e. The number of hydrogen-bond donors (Lipinski definition) is 2. The summed E-state index contributed by atoms with van der Waals surface area (Å²) in [4.78, 5) is 10.9. The van der Waals surface area contributed by atoms with Crippen LogP contribution in [0.2, 0.25) is 5.02 Å². The molecule has 21 heavy (non-hydrogen) atoms. The number of thioether (sulfide) groups is 1. The van der Waals surface area contributed by atoms with Crippen LogP contribution in [0.4, 0.5) is 0 Å². The van der Waals surface area contributed by atoms with Gasteiger partial charge >= 0.3 is 5.97 Å². The molecule has 5 nitrogen and oxygen atoms in total. The molecule has 1 aromatic carbocycles. The molecule has 1 aliphatic carbocycles. The van der Waals surface area contributed by atoms with Crippen molar-refractivity contribution in [1.82, 2.24) is 4.72 Å². The lowest BCUT2D eigenvalue weighted by molar-refractivity contribution is 0.0697. The van der Waals surface area contributed by atoms with Gasteiger partial charge in [-0.2, -0.15) is 11.8 Å². The molecule has 1 aliphatic rings. The lowest BCUT2D eigenvalue weighted by atomic mass is 9.84. The maximum absolute atomic E-state index is 12.3. The predicted molar refractivity (Wildman–Crippen MR) is 83.7 cm³/mol. The third-order valence-corrected chi connectivity index (χ3v) is 6.91. The first-order valence-electron chi connectivity index (χ1n) is 6.37. The summed E-state index contributed by atoms with van der Waals surface area (Å²) in [5.41, 5.74) is -0.220. The summed E-state index contributed by atoms with van der Waals surface area (Å²) >= 11 is 7.41. The quantitative estimate of drug-likeness (QED) is 0.824. The number of nitrogens with one attached hydrogen (secondary N) is 1. The van der Waals surface area contributed by atoms with Crippen molar-refractivity contribution >= 4 is 39.4 Å². The van der Waals surface area contributed by atoms with Crippen molar-refractivity contribution in [3.05, 3.63) is 28.8 Å². The van der Waals surface area contributed by atoms with Crippen LogP contribution in [-0.2, 0) is 10.0 Å². The zero-order chi connectivity index (χ0) is 15.7. The zero-order valence-corrected chi connectivity index (χ0v) is 13.8. The van der Waals surface area contributed by atoms with Crippen LogP contribution in [0.5, 0.6) is 0 Å². The minimum Gasteiger partial charge on any atom is -0.478 e. The lowest BCUT2D eigenvalue weighted by Crippen LogP contribution is -2.45. The number of carboxylic acid groups (broad SMARTS) is 1. The number of aromatic carboxylic acids is 1. The molecule has 116 valence electrons. The molecule has 0 radical (unpaired) electrons. The molecule has 0 atom stereocenters. The van der Waals surface area contributed by atoms with Gasteiger partial charge in [-0.1, -0.05) is 18.0 Å². The summed E-state index contributed by atoms with van der Waals surface area (Å²) in [6, 6.07) is 3.68. The van der Waals surface area contributed by atoms with Gasteiger partial charge in [0.2, 0.25) is 10.0 Å². The second-order valence-electron chi connectivity index (χ2n) is 5.01. The summed E-state index contributed by atoms with van der Waals surface area (Å²) in [5.74, 6) is -1.25. The SMILES string of the molecule is CSC1(CNS(=O)(=O)c2ccc(Cl)c(C(=O)O)c2)CCC1. The molecule has 0 spiro atoms. The molecule has 1 saturated carbocycles. The van der Waals surface area contributed by atoms with Crippen LogP contribution in [0, 0.1) is 0 Å². The van der Waals surface area contributed by atoms with Gasteiger partial charge in [0.15, 0.2) is 0 Å². The van der Waals surface area contributed by atoms with Gasteiger partial charge < -0.3 is 5.11 Å². The molecule has 0 aromatic heterocycles. The number of sulfonamides is 1. The number of rotatable bonds is 6. The van der Waals surface area contributed by atoms with E-state index in [1.807, 2.05) is 6.26 Å². The predicted octanol–water partition coefficient (Wildman–Crippen LogP) is 2.60. The van der Waals surface area contributed by atoms with Gasteiger partial charge in [-0.25, -0.2) is 17.9 Å². The summed E-state index contributed by atoms with van der Waals surface area (Å²) in [7, 11) is -3.74. The Bertz CT molecular complexity index is 651. The standard InChI is InChI=1S/C13H16ClNO4S2/c1-20-13(5-2-6-13)8-15-21(18,19)9-3-4-11(14)10(7-9)12(16)17/h3-4,7,15H,2,5-6,8H2,1H3,(H,16,17). The zero-order valence-electron chi connectivity index (χ0n) is 11.4. The Balaban J connectivity index is 2.20. The van der Waals surface area contributed by atoms with Crippen molar-refractivity contribution < 1.29 is 18.3 Å². The van der Waals surface area contributed by atoms with E-state index in [1.165, 1.54) is 12.1 Å². The van der Waals surface area contributed by atoms with E-state index in [0.717, 1.165) is 25.3 Å². The molecule has 0 aliphatic heterocycles. The molecule has 2 N–H and O–H groups in total. The molecule has 0 saturated heterocycles. The van der Waals surface area contributed by atoms with Crippen LogP contribution < -0.4 is 4.72 Å². The van der Waals surface area contributed by atoms with Crippen LogP contribution in [0.25, 0.3) is 0 Å². The highest BCUT2D eigenvalue weighted by atomic mass is 35.5. The maximum Gasteiger partial charge on any atom is 0.337 e. The molecule has 0 heterocycles. The molecular formula is C13H16ClNO4S2. The number of hydrogen-bond acceptors (Lipinski definition) is 4. The van der Waals surface area contributed by atoms with Crippen LogP contribution in [0.15, 0.2) is 23.1 Å². The highest BCUT2D eigenvalue weighted by molar-refractivity contribution is 8.00. The normalized spacial score (nSPS) is 17.2. The summed E-state index contributed by atoms with van der Waals surface area (Å²) in [6.07, 6.45) is 5.04. The molecule has 1 aromatic rings. The second kappa shape index (κ2) is 6.16. The van der Waals surface area contributed by atoms with E-state index in [0.29, 0.717) is 6.54 Å². The van der Waals surface area contributed by atoms with Crippen molar-refractivity contribution in [3.63, 3.8) is 0 Å². The Morgan fingerprint density at radius 3 is 2.62 bits per heavy atom. The average Bonchev–Trinajstić information content (AvgIpc) is 2.37. The minimum atomic E-state index is -3.74. The van der Waals surface area contributed by atoms with E-state index in [1.54, 1.807) is 11.8 Å². The molecule has 0 unspecified atom stereocenters. The van der Waals surface area contributed by atoms with Crippen molar-refractivity contribution in [1.29, 1.82) is 0 Å². The van der Waals surface area contributed by atoms with Gasteiger partial charge in [0.1, 0.15) is 0 Å². The fourth-order valence-corrected chi connectivity index (χ4v) is 4.53. The summed E-state index contributed by atoms with van der Waals surface area (Å²) < 4.78 is 27.1. The van der Waals surface area contributed by atoms with Gasteiger partial charge in [0.25, 0.3) is 0 Å². The molecule has 0 amide bonds. The first-order chi connectivity index (χ1) is 9.80. The van der Waals surface area contributed by atoms with Gasteiger partial charge in [0.05, 0.1) is 15.5 Å². The van der Waals surface area contributed by atoms with E-state index >= 15 is 0 Å².